The van der Waals surface area contributed by atoms with E-state index in [2.05, 4.69) is 11.6 Å². The Morgan fingerprint density at radius 1 is 1.06 bits per heavy atom. The van der Waals surface area contributed by atoms with E-state index in [0.717, 1.165) is 34.4 Å². The predicted octanol–water partition coefficient (Wildman–Crippen LogP) is 5.57. The number of carbonyl (C=O) groups excluding carboxylic acids is 3. The van der Waals surface area contributed by atoms with Crippen molar-refractivity contribution in [3.63, 3.8) is 0 Å². The molecule has 0 N–H and O–H groups in total. The van der Waals surface area contributed by atoms with Gasteiger partial charge in [-0.3, -0.25) is 19.3 Å². The lowest BCUT2D eigenvalue weighted by atomic mass is 9.82. The molecule has 2 amide bonds. The van der Waals surface area contributed by atoms with Gasteiger partial charge in [-0.25, -0.2) is 4.98 Å². The fourth-order valence-corrected chi connectivity index (χ4v) is 7.24. The first kappa shape index (κ1) is 34.4. The third-order valence-electron chi connectivity index (χ3n) is 9.46. The van der Waals surface area contributed by atoms with E-state index in [1.54, 1.807) is 24.1 Å². The molecule has 2 saturated heterocycles. The van der Waals surface area contributed by atoms with Crippen LogP contribution >= 0.6 is 0 Å². The maximum atomic E-state index is 14.0. The zero-order valence-electron chi connectivity index (χ0n) is 26.4. The number of nitrogens with zero attached hydrogens (tertiary/aromatic N) is 5. The smallest absolute Gasteiger partial charge is 0.369 e. The van der Waals surface area contributed by atoms with Gasteiger partial charge in [0.05, 0.1) is 22.9 Å². The lowest BCUT2D eigenvalue weighted by molar-refractivity contribution is -0.201. The summed E-state index contributed by atoms with van der Waals surface area (Å²) in [5.74, 6) is -5.39. The molecule has 3 aliphatic heterocycles. The first-order valence-corrected chi connectivity index (χ1v) is 15.5. The van der Waals surface area contributed by atoms with Crippen LogP contribution in [0.4, 0.5) is 43.5 Å². The summed E-state index contributed by atoms with van der Waals surface area (Å²) in [5.41, 5.74) is 1.20. The average Bonchev–Trinajstić information content (AvgIpc) is 3.32. The van der Waals surface area contributed by atoms with E-state index in [0.29, 0.717) is 31.7 Å². The molecule has 0 bridgehead atoms. The maximum absolute atomic E-state index is 14.0. The van der Waals surface area contributed by atoms with Crippen molar-refractivity contribution in [1.82, 2.24) is 9.88 Å². The molecule has 47 heavy (non-hydrogen) atoms. The van der Waals surface area contributed by atoms with Crippen LogP contribution in [-0.4, -0.2) is 79.5 Å². The Morgan fingerprint density at radius 2 is 1.79 bits per heavy atom. The molecule has 8 nitrogen and oxygen atoms in total. The SMILES string of the molecule is C=CC(=O)C1CCN(CCCN2C[C@H]3CC(=O)N(c4cc(C(F)(F)F)cc(C)n4)[C@@H]3C(=O)N(C)c3cccc(C)c32)C[C@H]1C(F)(F)F. The van der Waals surface area contributed by atoms with Gasteiger partial charge in [-0.05, 0) is 69.6 Å². The number of ketones is 1. The number of piperidine rings is 1. The number of amides is 2. The van der Waals surface area contributed by atoms with Gasteiger partial charge in [0.1, 0.15) is 11.9 Å². The number of carbonyl (C=O) groups is 3. The first-order chi connectivity index (χ1) is 22.0. The topological polar surface area (TPSA) is 77.1 Å². The zero-order chi connectivity index (χ0) is 34.4. The highest BCUT2D eigenvalue weighted by molar-refractivity contribution is 6.10. The van der Waals surface area contributed by atoms with Gasteiger partial charge < -0.3 is 14.7 Å². The second-order valence-corrected chi connectivity index (χ2v) is 12.6. The lowest BCUT2D eigenvalue weighted by Crippen LogP contribution is -2.53. The van der Waals surface area contributed by atoms with Crippen molar-refractivity contribution in [1.29, 1.82) is 0 Å². The van der Waals surface area contributed by atoms with Crippen molar-refractivity contribution in [3.8, 4) is 0 Å². The molecule has 0 aliphatic carbocycles. The molecule has 1 aromatic heterocycles. The first-order valence-electron chi connectivity index (χ1n) is 15.5. The normalized spacial score (nSPS) is 24.1. The molecule has 4 heterocycles. The van der Waals surface area contributed by atoms with E-state index in [-0.39, 0.29) is 37.4 Å². The summed E-state index contributed by atoms with van der Waals surface area (Å²) in [6.45, 7) is 7.54. The Morgan fingerprint density at radius 3 is 2.45 bits per heavy atom. The Labute approximate surface area is 269 Å². The fraction of sp³-hybridized carbons (Fsp3) is 0.515. The maximum Gasteiger partial charge on any atom is 0.416 e. The molecule has 2 fully saturated rings. The Bertz CT molecular complexity index is 1560. The number of aryl methyl sites for hydroxylation is 2. The van der Waals surface area contributed by atoms with Gasteiger partial charge in [0, 0.05) is 50.6 Å². The number of aromatic nitrogens is 1. The third-order valence-corrected chi connectivity index (χ3v) is 9.46. The zero-order valence-corrected chi connectivity index (χ0v) is 26.4. The highest BCUT2D eigenvalue weighted by Gasteiger charge is 2.50. The molecule has 4 atom stereocenters. The number of halogens is 6. The van der Waals surface area contributed by atoms with Crippen molar-refractivity contribution >= 4 is 34.8 Å². The summed E-state index contributed by atoms with van der Waals surface area (Å²) in [7, 11) is 1.55. The van der Waals surface area contributed by atoms with Crippen LogP contribution in [0.5, 0.6) is 0 Å². The van der Waals surface area contributed by atoms with Crippen LogP contribution in [0.2, 0.25) is 0 Å². The summed E-state index contributed by atoms with van der Waals surface area (Å²) in [4.78, 5) is 50.1. The molecule has 3 aliphatic rings. The van der Waals surface area contributed by atoms with Gasteiger partial charge >= 0.3 is 12.4 Å². The highest BCUT2D eigenvalue weighted by atomic mass is 19.4. The van der Waals surface area contributed by atoms with Gasteiger partial charge in [-0.1, -0.05) is 18.7 Å². The number of para-hydroxylation sites is 1. The molecule has 0 radical (unpaired) electrons. The number of pyridine rings is 1. The van der Waals surface area contributed by atoms with Crippen molar-refractivity contribution in [3.05, 3.63) is 59.8 Å². The molecule has 0 saturated carbocycles. The molecule has 2 aromatic rings. The van der Waals surface area contributed by atoms with Crippen LogP contribution in [0.15, 0.2) is 43.0 Å². The van der Waals surface area contributed by atoms with Crippen molar-refractivity contribution in [2.75, 3.05) is 54.5 Å². The number of likely N-dealkylation sites (N-methyl/N-ethyl adjacent to an activating group) is 1. The number of fused-ring (bicyclic) bond motifs is 2. The molecular formula is C33H37F6N5O3. The van der Waals surface area contributed by atoms with Gasteiger partial charge in [0.25, 0.3) is 0 Å². The fourth-order valence-electron chi connectivity index (χ4n) is 7.24. The minimum Gasteiger partial charge on any atom is -0.369 e. The molecule has 0 spiro atoms. The number of anilines is 3. The van der Waals surface area contributed by atoms with E-state index in [1.165, 1.54) is 11.8 Å². The quantitative estimate of drug-likeness (QED) is 0.285. The van der Waals surface area contributed by atoms with Gasteiger partial charge in [0.15, 0.2) is 5.78 Å². The molecule has 1 unspecified atom stereocenters. The molecule has 1 aromatic carbocycles. The summed E-state index contributed by atoms with van der Waals surface area (Å²) < 4.78 is 82.8. The summed E-state index contributed by atoms with van der Waals surface area (Å²) in [6.07, 6.45) is -7.86. The monoisotopic (exact) mass is 665 g/mol. The van der Waals surface area contributed by atoms with Gasteiger partial charge in [0.2, 0.25) is 11.8 Å². The Hall–Kier alpha value is -3.94. The summed E-state index contributed by atoms with van der Waals surface area (Å²) in [6, 6.07) is 5.95. The number of hydrogen-bond acceptors (Lipinski definition) is 6. The molecular weight excluding hydrogens is 628 g/mol. The Kier molecular flexibility index (Phi) is 9.46. The van der Waals surface area contributed by atoms with Crippen LogP contribution < -0.4 is 14.7 Å². The Balaban J connectivity index is 1.41. The van der Waals surface area contributed by atoms with Gasteiger partial charge in [-0.15, -0.1) is 0 Å². The minimum absolute atomic E-state index is 0.0472. The number of alkyl halides is 6. The molecule has 14 heteroatoms. The van der Waals surface area contributed by atoms with E-state index in [4.69, 9.17) is 0 Å². The number of rotatable bonds is 7. The third kappa shape index (κ3) is 6.88. The standard InChI is InChI=1S/C33H37F6N5O3/c1-5-26(45)23-10-13-42(18-24(23)33(37,38)39)11-7-12-43-17-21-15-28(46)44(27-16-22(32(34,35)36)14-20(3)40-27)30(21)31(47)41(4)25-9-6-8-19(2)29(25)43/h5-6,8-9,14,16,21,23-24,30H,1,7,10-13,15,17-18H2,2-4H3/t21-,23?,24-,30+/m1/s1. The number of allylic oxidation sites excluding steroid dienone is 1. The molecule has 254 valence electrons. The number of benzene rings is 1. The van der Waals surface area contributed by atoms with Crippen molar-refractivity contribution < 1.29 is 40.7 Å². The van der Waals surface area contributed by atoms with Crippen molar-refractivity contribution in [2.45, 2.75) is 51.5 Å². The van der Waals surface area contributed by atoms with E-state index >= 15 is 0 Å². The molecule has 5 rings (SSSR count). The van der Waals surface area contributed by atoms with Crippen LogP contribution in [0.1, 0.15) is 36.1 Å². The average molecular weight is 666 g/mol. The highest BCUT2D eigenvalue weighted by Crippen LogP contribution is 2.42. The number of hydrogen-bond donors (Lipinski definition) is 0. The van der Waals surface area contributed by atoms with Gasteiger partial charge in [-0.2, -0.15) is 26.3 Å². The largest absolute Gasteiger partial charge is 0.416 e. The van der Waals surface area contributed by atoms with Crippen LogP contribution in [-0.2, 0) is 20.6 Å². The lowest BCUT2D eigenvalue weighted by Gasteiger charge is -2.40. The number of likely N-dealkylation sites (tertiary alicyclic amines) is 1. The predicted molar refractivity (Wildman–Crippen MR) is 164 cm³/mol. The van der Waals surface area contributed by atoms with Crippen molar-refractivity contribution in [2.24, 2.45) is 17.8 Å². The summed E-state index contributed by atoms with van der Waals surface area (Å²) in [5, 5.41) is 0. The van der Waals surface area contributed by atoms with E-state index in [9.17, 15) is 40.7 Å². The van der Waals surface area contributed by atoms with E-state index < -0.39 is 59.3 Å². The van der Waals surface area contributed by atoms with Crippen LogP contribution in [0.3, 0.4) is 0 Å². The van der Waals surface area contributed by atoms with E-state index in [1.807, 2.05) is 17.9 Å². The second kappa shape index (κ2) is 12.9. The minimum atomic E-state index is -4.68. The van der Waals surface area contributed by atoms with Crippen LogP contribution in [0.25, 0.3) is 0 Å². The van der Waals surface area contributed by atoms with Crippen LogP contribution in [0, 0.1) is 31.6 Å². The summed E-state index contributed by atoms with van der Waals surface area (Å²) >= 11 is 0. The second-order valence-electron chi connectivity index (χ2n) is 12.6.